The molecule has 0 aliphatic carbocycles. The van der Waals surface area contributed by atoms with Crippen LogP contribution in [0.2, 0.25) is 0 Å². The summed E-state index contributed by atoms with van der Waals surface area (Å²) >= 11 is 0. The van der Waals surface area contributed by atoms with Crippen LogP contribution in [0.25, 0.3) is 0 Å². The van der Waals surface area contributed by atoms with Crippen molar-refractivity contribution in [3.05, 3.63) is 35.9 Å². The molecule has 1 aromatic carbocycles. The molecule has 0 saturated heterocycles. The molecule has 1 aromatic rings. The highest BCUT2D eigenvalue weighted by molar-refractivity contribution is 5.83. The minimum atomic E-state index is -1.42. The number of hydrogen-bond donors (Lipinski definition) is 3. The third kappa shape index (κ3) is 5.92. The number of carboxylic acids is 2. The Kier molecular flexibility index (Phi) is 7.04. The predicted octanol–water partition coefficient (Wildman–Crippen LogP) is 1.01. The zero-order valence-corrected chi connectivity index (χ0v) is 12.0. The number of benzene rings is 1. The molecule has 0 bridgehead atoms. The van der Waals surface area contributed by atoms with Gasteiger partial charge in [0.15, 0.2) is 0 Å². The Labute approximate surface area is 127 Å². The summed E-state index contributed by atoms with van der Waals surface area (Å²) in [5.41, 5.74) is 6.27. The number of hydrogen-bond acceptors (Lipinski definition) is 5. The van der Waals surface area contributed by atoms with Crippen LogP contribution in [0.4, 0.5) is 0 Å². The summed E-state index contributed by atoms with van der Waals surface area (Å²) in [5.74, 6) is -4.14. The highest BCUT2D eigenvalue weighted by atomic mass is 16.5. The predicted molar refractivity (Wildman–Crippen MR) is 76.8 cm³/mol. The van der Waals surface area contributed by atoms with Crippen molar-refractivity contribution in [2.45, 2.75) is 31.9 Å². The van der Waals surface area contributed by atoms with Crippen molar-refractivity contribution in [3.63, 3.8) is 0 Å². The number of carboxylic acid groups (broad SMARTS) is 2. The maximum Gasteiger partial charge on any atom is 0.321 e. The van der Waals surface area contributed by atoms with Crippen LogP contribution in [0.5, 0.6) is 0 Å². The fourth-order valence-electron chi connectivity index (χ4n) is 1.93. The van der Waals surface area contributed by atoms with Crippen LogP contribution >= 0.6 is 0 Å². The van der Waals surface area contributed by atoms with E-state index in [1.165, 1.54) is 0 Å². The Bertz CT molecular complexity index is 516. The Morgan fingerprint density at radius 3 is 2.32 bits per heavy atom. The van der Waals surface area contributed by atoms with Gasteiger partial charge in [-0.25, -0.2) is 0 Å². The van der Waals surface area contributed by atoms with Gasteiger partial charge in [-0.05, 0) is 18.4 Å². The number of aliphatic carboxylic acids is 2. The third-order valence-corrected chi connectivity index (χ3v) is 3.15. The van der Waals surface area contributed by atoms with Crippen molar-refractivity contribution in [1.82, 2.24) is 0 Å². The average molecular weight is 309 g/mol. The first kappa shape index (κ1) is 17.6. The molecule has 120 valence electrons. The van der Waals surface area contributed by atoms with E-state index < -0.39 is 29.9 Å². The lowest BCUT2D eigenvalue weighted by atomic mass is 9.94. The molecule has 7 heteroatoms. The maximum absolute atomic E-state index is 12.0. The van der Waals surface area contributed by atoms with E-state index in [1.807, 2.05) is 6.07 Å². The maximum atomic E-state index is 12.0. The smallest absolute Gasteiger partial charge is 0.321 e. The van der Waals surface area contributed by atoms with E-state index in [0.29, 0.717) is 0 Å². The van der Waals surface area contributed by atoms with Crippen molar-refractivity contribution >= 4 is 17.9 Å². The standard InChI is InChI=1S/C15H19NO6/c16-13(14(19)20)11(7-4-8-12(17)18)15(21)22-9-10-5-2-1-3-6-10/h1-3,5-6,11,13H,4,7-9,16H2,(H,17,18)(H,19,20). The number of esters is 1. The van der Waals surface area contributed by atoms with E-state index in [-0.39, 0.29) is 25.9 Å². The van der Waals surface area contributed by atoms with Crippen LogP contribution in [-0.2, 0) is 25.7 Å². The highest BCUT2D eigenvalue weighted by Crippen LogP contribution is 2.16. The highest BCUT2D eigenvalue weighted by Gasteiger charge is 2.31. The van der Waals surface area contributed by atoms with Crippen LogP contribution in [0.15, 0.2) is 30.3 Å². The quantitative estimate of drug-likeness (QED) is 0.581. The summed E-state index contributed by atoms with van der Waals surface area (Å²) in [5, 5.41) is 17.5. The monoisotopic (exact) mass is 309 g/mol. The molecule has 1 rings (SSSR count). The summed E-state index contributed by atoms with van der Waals surface area (Å²) in [6.07, 6.45) is 0.0452. The van der Waals surface area contributed by atoms with E-state index >= 15 is 0 Å². The topological polar surface area (TPSA) is 127 Å². The Hall–Kier alpha value is -2.41. The number of carbonyl (C=O) groups is 3. The molecule has 0 saturated carbocycles. The minimum Gasteiger partial charge on any atom is -0.481 e. The van der Waals surface area contributed by atoms with Gasteiger partial charge in [-0.1, -0.05) is 30.3 Å². The van der Waals surface area contributed by atoms with Gasteiger partial charge in [-0.3, -0.25) is 14.4 Å². The molecular weight excluding hydrogens is 290 g/mol. The van der Waals surface area contributed by atoms with Crippen LogP contribution in [-0.4, -0.2) is 34.2 Å². The largest absolute Gasteiger partial charge is 0.481 e. The molecule has 7 nitrogen and oxygen atoms in total. The summed E-state index contributed by atoms with van der Waals surface area (Å²) in [4.78, 5) is 33.5. The third-order valence-electron chi connectivity index (χ3n) is 3.15. The van der Waals surface area contributed by atoms with Gasteiger partial charge in [0.25, 0.3) is 0 Å². The van der Waals surface area contributed by atoms with Gasteiger partial charge in [0.2, 0.25) is 0 Å². The van der Waals surface area contributed by atoms with Gasteiger partial charge in [0, 0.05) is 6.42 Å². The average Bonchev–Trinajstić information content (AvgIpc) is 2.49. The molecule has 0 amide bonds. The van der Waals surface area contributed by atoms with Crippen molar-refractivity contribution in [3.8, 4) is 0 Å². The van der Waals surface area contributed by atoms with Crippen LogP contribution < -0.4 is 5.73 Å². The molecule has 0 heterocycles. The van der Waals surface area contributed by atoms with Crippen molar-refractivity contribution in [2.24, 2.45) is 11.7 Å². The molecule has 0 fully saturated rings. The first-order valence-electron chi connectivity index (χ1n) is 6.82. The van der Waals surface area contributed by atoms with Gasteiger partial charge in [0.1, 0.15) is 12.6 Å². The first-order chi connectivity index (χ1) is 10.4. The molecule has 0 aliphatic heterocycles. The molecule has 0 aliphatic rings. The van der Waals surface area contributed by atoms with Crippen LogP contribution in [0.1, 0.15) is 24.8 Å². The lowest BCUT2D eigenvalue weighted by Gasteiger charge is -2.19. The van der Waals surface area contributed by atoms with Crippen LogP contribution in [0, 0.1) is 5.92 Å². The minimum absolute atomic E-state index is 0.0153. The van der Waals surface area contributed by atoms with E-state index in [0.717, 1.165) is 5.56 Å². The normalized spacial score (nSPS) is 13.1. The number of rotatable bonds is 9. The SMILES string of the molecule is NC(C(=O)O)C(CCCC(=O)O)C(=O)OCc1ccccc1. The Balaban J connectivity index is 2.62. The van der Waals surface area contributed by atoms with E-state index in [2.05, 4.69) is 0 Å². The van der Waals surface area contributed by atoms with Gasteiger partial charge in [-0.2, -0.15) is 0 Å². The fraction of sp³-hybridized carbons (Fsp3) is 0.400. The molecule has 22 heavy (non-hydrogen) atoms. The molecule has 2 unspecified atom stereocenters. The first-order valence-corrected chi connectivity index (χ1v) is 6.82. The second-order valence-corrected chi connectivity index (χ2v) is 4.85. The van der Waals surface area contributed by atoms with E-state index in [4.69, 9.17) is 20.7 Å². The van der Waals surface area contributed by atoms with Gasteiger partial charge < -0.3 is 20.7 Å². The number of ether oxygens (including phenoxy) is 1. The summed E-state index contributed by atoms with van der Waals surface area (Å²) in [6, 6.07) is 7.51. The van der Waals surface area contributed by atoms with Crippen LogP contribution in [0.3, 0.4) is 0 Å². The Morgan fingerprint density at radius 1 is 1.14 bits per heavy atom. The van der Waals surface area contributed by atoms with E-state index in [1.54, 1.807) is 24.3 Å². The fourth-order valence-corrected chi connectivity index (χ4v) is 1.93. The van der Waals surface area contributed by atoms with Crippen molar-refractivity contribution < 1.29 is 29.3 Å². The van der Waals surface area contributed by atoms with E-state index in [9.17, 15) is 14.4 Å². The molecule has 0 spiro atoms. The zero-order chi connectivity index (χ0) is 16.5. The van der Waals surface area contributed by atoms with Gasteiger partial charge >= 0.3 is 17.9 Å². The van der Waals surface area contributed by atoms with Gasteiger partial charge in [-0.15, -0.1) is 0 Å². The molecule has 4 N–H and O–H groups in total. The van der Waals surface area contributed by atoms with Crippen molar-refractivity contribution in [1.29, 1.82) is 0 Å². The van der Waals surface area contributed by atoms with Crippen molar-refractivity contribution in [2.75, 3.05) is 0 Å². The zero-order valence-electron chi connectivity index (χ0n) is 12.0. The summed E-state index contributed by atoms with van der Waals surface area (Å²) in [6.45, 7) is 0.0153. The lowest BCUT2D eigenvalue weighted by molar-refractivity contribution is -0.156. The number of nitrogens with two attached hydrogens (primary N) is 1. The summed E-state index contributed by atoms with van der Waals surface area (Å²) in [7, 11) is 0. The summed E-state index contributed by atoms with van der Waals surface area (Å²) < 4.78 is 5.09. The number of carbonyl (C=O) groups excluding carboxylic acids is 1. The van der Waals surface area contributed by atoms with Gasteiger partial charge in [0.05, 0.1) is 5.92 Å². The molecular formula is C15H19NO6. The second-order valence-electron chi connectivity index (χ2n) is 4.85. The molecule has 2 atom stereocenters. The molecule has 0 aromatic heterocycles. The molecule has 0 radical (unpaired) electrons. The Morgan fingerprint density at radius 2 is 1.77 bits per heavy atom. The lowest BCUT2D eigenvalue weighted by Crippen LogP contribution is -2.42. The second kappa shape index (κ2) is 8.78.